The van der Waals surface area contributed by atoms with E-state index < -0.39 is 11.2 Å². The van der Waals surface area contributed by atoms with Crippen LogP contribution >= 0.6 is 11.8 Å². The number of rotatable bonds is 6. The van der Waals surface area contributed by atoms with Gasteiger partial charge in [0.2, 0.25) is 11.8 Å². The number of carbonyl (C=O) groups excluding carboxylic acids is 2. The van der Waals surface area contributed by atoms with E-state index in [0.29, 0.717) is 13.0 Å². The second-order valence-electron chi connectivity index (χ2n) is 6.38. The number of para-hydroxylation sites is 1. The molecule has 148 valence electrons. The van der Waals surface area contributed by atoms with Gasteiger partial charge in [-0.2, -0.15) is 0 Å². The molecule has 3 N–H and O–H groups in total. The van der Waals surface area contributed by atoms with Gasteiger partial charge in [0.1, 0.15) is 0 Å². The van der Waals surface area contributed by atoms with Crippen molar-refractivity contribution in [2.75, 3.05) is 18.5 Å². The van der Waals surface area contributed by atoms with Gasteiger partial charge in [0.25, 0.3) is 0 Å². The summed E-state index contributed by atoms with van der Waals surface area (Å²) in [6.07, 6.45) is 3.89. The van der Waals surface area contributed by atoms with Gasteiger partial charge in [0.05, 0.1) is 23.5 Å². The number of benzene rings is 1. The van der Waals surface area contributed by atoms with Gasteiger partial charge >= 0.3 is 5.97 Å². The number of hydrogen-bond donors (Lipinski definition) is 3. The largest absolute Gasteiger partial charge is 0.481 e. The number of ether oxygens (including phenoxy) is 1. The Balaban J connectivity index is 0.000000199. The predicted octanol–water partition coefficient (Wildman–Crippen LogP) is 2.66. The normalized spacial score (nSPS) is 20.7. The van der Waals surface area contributed by atoms with Crippen LogP contribution in [-0.4, -0.2) is 47.4 Å². The summed E-state index contributed by atoms with van der Waals surface area (Å²) >= 11 is 1.30. The topological polar surface area (TPSA) is 105 Å². The molecule has 1 fully saturated rings. The van der Waals surface area contributed by atoms with Crippen molar-refractivity contribution in [3.8, 4) is 0 Å². The molecule has 0 radical (unpaired) electrons. The molecule has 3 rings (SSSR count). The fourth-order valence-corrected chi connectivity index (χ4v) is 3.84. The maximum Gasteiger partial charge on any atom is 0.305 e. The number of aliphatic carboxylic acids is 1. The van der Waals surface area contributed by atoms with Crippen molar-refractivity contribution in [3.63, 3.8) is 0 Å². The van der Waals surface area contributed by atoms with Crippen LogP contribution in [0.1, 0.15) is 39.0 Å². The summed E-state index contributed by atoms with van der Waals surface area (Å²) in [6, 6.07) is 7.36. The van der Waals surface area contributed by atoms with E-state index in [9.17, 15) is 14.4 Å². The Morgan fingerprint density at radius 1 is 1.37 bits per heavy atom. The van der Waals surface area contributed by atoms with Gasteiger partial charge < -0.3 is 20.5 Å². The Morgan fingerprint density at radius 3 is 2.81 bits per heavy atom. The Hall–Kier alpha value is -2.06. The molecular formula is C19H26N2O5S. The van der Waals surface area contributed by atoms with E-state index in [1.165, 1.54) is 11.8 Å². The second-order valence-corrected chi connectivity index (χ2v) is 7.62. The summed E-state index contributed by atoms with van der Waals surface area (Å²) in [5.41, 5.74) is 0.758. The lowest BCUT2D eigenvalue weighted by Crippen LogP contribution is -2.31. The van der Waals surface area contributed by atoms with E-state index in [-0.39, 0.29) is 24.3 Å². The van der Waals surface area contributed by atoms with E-state index in [0.717, 1.165) is 36.5 Å². The van der Waals surface area contributed by atoms with E-state index >= 15 is 0 Å². The monoisotopic (exact) mass is 394 g/mol. The van der Waals surface area contributed by atoms with Gasteiger partial charge in [-0.3, -0.25) is 14.4 Å². The highest BCUT2D eigenvalue weighted by Crippen LogP contribution is 2.36. The minimum atomic E-state index is -0.956. The molecule has 0 spiro atoms. The molecule has 2 unspecified atom stereocenters. The van der Waals surface area contributed by atoms with Crippen LogP contribution < -0.4 is 10.6 Å². The van der Waals surface area contributed by atoms with Crippen molar-refractivity contribution in [2.45, 2.75) is 55.3 Å². The highest BCUT2D eigenvalue weighted by atomic mass is 32.2. The van der Waals surface area contributed by atoms with E-state index in [1.807, 2.05) is 25.1 Å². The van der Waals surface area contributed by atoms with E-state index in [2.05, 4.69) is 10.6 Å². The van der Waals surface area contributed by atoms with Gasteiger partial charge in [0, 0.05) is 24.5 Å². The van der Waals surface area contributed by atoms with E-state index in [1.54, 1.807) is 6.07 Å². The molecule has 0 aromatic heterocycles. The van der Waals surface area contributed by atoms with Crippen LogP contribution in [0, 0.1) is 0 Å². The maximum absolute atomic E-state index is 11.5. The molecule has 2 atom stereocenters. The minimum Gasteiger partial charge on any atom is -0.481 e. The number of carbonyl (C=O) groups is 3. The number of carboxylic acids is 1. The van der Waals surface area contributed by atoms with Crippen LogP contribution in [0.5, 0.6) is 0 Å². The molecule has 2 amide bonds. The van der Waals surface area contributed by atoms with Crippen LogP contribution in [0.2, 0.25) is 0 Å². The smallest absolute Gasteiger partial charge is 0.305 e. The molecule has 0 aliphatic carbocycles. The van der Waals surface area contributed by atoms with Crippen molar-refractivity contribution in [1.82, 2.24) is 5.32 Å². The molecule has 8 heteroatoms. The zero-order valence-corrected chi connectivity index (χ0v) is 16.2. The number of thioether (sulfide) groups is 1. The number of amides is 2. The summed E-state index contributed by atoms with van der Waals surface area (Å²) in [5, 5.41) is 13.7. The van der Waals surface area contributed by atoms with E-state index in [4.69, 9.17) is 9.84 Å². The summed E-state index contributed by atoms with van der Waals surface area (Å²) in [6.45, 7) is 3.55. The highest BCUT2D eigenvalue weighted by molar-refractivity contribution is 8.01. The standard InChI is InChI=1S/C10H9NO3S.C9H17NO2/c12-9(13)5-8-10(14)11-6-3-1-2-4-7(6)15-8;1-2-4-9(11)10-7-8-5-3-6-12-8/h1-4,8H,5H2,(H,11,14)(H,12,13);8H,2-7H2,1H3,(H,10,11). The number of carboxylic acid groups (broad SMARTS) is 1. The fourth-order valence-electron chi connectivity index (χ4n) is 2.73. The number of fused-ring (bicyclic) bond motifs is 1. The average molecular weight is 394 g/mol. The van der Waals surface area contributed by atoms with Gasteiger partial charge in [-0.15, -0.1) is 11.8 Å². The van der Waals surface area contributed by atoms with Gasteiger partial charge in [-0.1, -0.05) is 19.1 Å². The van der Waals surface area contributed by atoms with Gasteiger partial charge in [-0.05, 0) is 31.4 Å². The third kappa shape index (κ3) is 7.22. The summed E-state index contributed by atoms with van der Waals surface area (Å²) < 4.78 is 5.37. The summed E-state index contributed by atoms with van der Waals surface area (Å²) in [5.74, 6) is -1.05. The van der Waals surface area contributed by atoms with Crippen LogP contribution in [0.15, 0.2) is 29.2 Å². The average Bonchev–Trinajstić information content (AvgIpc) is 3.15. The van der Waals surface area contributed by atoms with Gasteiger partial charge in [0.15, 0.2) is 0 Å². The molecule has 0 bridgehead atoms. The Kier molecular flexibility index (Phi) is 8.60. The number of hydrogen-bond acceptors (Lipinski definition) is 5. The highest BCUT2D eigenvalue weighted by Gasteiger charge is 2.28. The number of nitrogens with one attached hydrogen (secondary N) is 2. The first kappa shape index (κ1) is 21.2. The molecular weight excluding hydrogens is 368 g/mol. The third-order valence-electron chi connectivity index (χ3n) is 4.09. The Bertz CT molecular complexity index is 661. The van der Waals surface area contributed by atoms with Crippen LogP contribution in [0.4, 0.5) is 5.69 Å². The Morgan fingerprint density at radius 2 is 2.15 bits per heavy atom. The van der Waals surface area contributed by atoms with Crippen molar-refractivity contribution in [3.05, 3.63) is 24.3 Å². The summed E-state index contributed by atoms with van der Waals surface area (Å²) in [4.78, 5) is 34.0. The molecule has 2 aliphatic rings. The Labute approximate surface area is 163 Å². The molecule has 1 saturated heterocycles. The molecule has 7 nitrogen and oxygen atoms in total. The fraction of sp³-hybridized carbons (Fsp3) is 0.526. The first-order valence-corrected chi connectivity index (χ1v) is 10.0. The van der Waals surface area contributed by atoms with Crippen molar-refractivity contribution >= 4 is 35.2 Å². The lowest BCUT2D eigenvalue weighted by Gasteiger charge is -2.22. The van der Waals surface area contributed by atoms with Crippen LogP contribution in [0.3, 0.4) is 0 Å². The first-order valence-electron chi connectivity index (χ1n) is 9.16. The van der Waals surface area contributed by atoms with Crippen molar-refractivity contribution in [2.24, 2.45) is 0 Å². The lowest BCUT2D eigenvalue weighted by molar-refractivity contribution is -0.138. The maximum atomic E-state index is 11.5. The van der Waals surface area contributed by atoms with Crippen molar-refractivity contribution < 1.29 is 24.2 Å². The lowest BCUT2D eigenvalue weighted by atomic mass is 10.2. The molecule has 1 aromatic rings. The second kappa shape index (κ2) is 10.9. The van der Waals surface area contributed by atoms with Crippen molar-refractivity contribution in [1.29, 1.82) is 0 Å². The minimum absolute atomic E-state index is 0.146. The van der Waals surface area contributed by atoms with Crippen LogP contribution in [0.25, 0.3) is 0 Å². The summed E-state index contributed by atoms with van der Waals surface area (Å²) in [7, 11) is 0. The molecule has 0 saturated carbocycles. The quantitative estimate of drug-likeness (QED) is 0.685. The van der Waals surface area contributed by atoms with Gasteiger partial charge in [-0.25, -0.2) is 0 Å². The predicted molar refractivity (Wildman–Crippen MR) is 104 cm³/mol. The third-order valence-corrected chi connectivity index (χ3v) is 5.37. The zero-order valence-electron chi connectivity index (χ0n) is 15.4. The molecule has 27 heavy (non-hydrogen) atoms. The SMILES string of the molecule is CCCC(=O)NCC1CCCO1.O=C(O)CC1Sc2ccccc2NC1=O. The molecule has 2 heterocycles. The zero-order chi connectivity index (χ0) is 19.6. The molecule has 2 aliphatic heterocycles. The van der Waals surface area contributed by atoms with Crippen LogP contribution in [-0.2, 0) is 19.1 Å². The number of anilines is 1. The first-order chi connectivity index (χ1) is 13.0. The molecule has 1 aromatic carbocycles.